The minimum absolute atomic E-state index is 0.166. The predicted octanol–water partition coefficient (Wildman–Crippen LogP) is 9.46. The molecule has 1 fully saturated rings. The van der Waals surface area contributed by atoms with E-state index in [0.717, 1.165) is 47.5 Å². The highest BCUT2D eigenvalue weighted by atomic mass is 16.1. The molecule has 38 heavy (non-hydrogen) atoms. The number of hydrogen-bond donors (Lipinski definition) is 0. The van der Waals surface area contributed by atoms with Crippen LogP contribution in [0.15, 0.2) is 108 Å². The Hall–Kier alpha value is -3.19. The molecule has 0 bridgehead atoms. The molecule has 1 nitrogen and oxygen atoms in total. The van der Waals surface area contributed by atoms with Crippen LogP contribution < -0.4 is 0 Å². The maximum atomic E-state index is 13.2. The lowest BCUT2D eigenvalue weighted by Crippen LogP contribution is -2.23. The first-order valence-corrected chi connectivity index (χ1v) is 14.5. The Bertz CT molecular complexity index is 1240. The van der Waals surface area contributed by atoms with Gasteiger partial charge in [-0.3, -0.25) is 4.79 Å². The van der Waals surface area contributed by atoms with Gasteiger partial charge in [-0.25, -0.2) is 0 Å². The Morgan fingerprint density at radius 3 is 2.29 bits per heavy atom. The molecule has 1 unspecified atom stereocenters. The topological polar surface area (TPSA) is 17.1 Å². The van der Waals surface area contributed by atoms with Crippen LogP contribution in [0.25, 0.3) is 0 Å². The zero-order valence-corrected chi connectivity index (χ0v) is 23.6. The second-order valence-corrected chi connectivity index (χ2v) is 11.4. The Labute approximate surface area is 230 Å². The summed E-state index contributed by atoms with van der Waals surface area (Å²) in [5, 5.41) is 0. The number of allylic oxidation sites excluding steroid dienone is 8. The van der Waals surface area contributed by atoms with E-state index in [9.17, 15) is 4.79 Å². The molecule has 1 atom stereocenters. The number of carbonyl (C=O) groups is 1. The van der Waals surface area contributed by atoms with Crippen LogP contribution in [-0.4, -0.2) is 5.78 Å². The summed E-state index contributed by atoms with van der Waals surface area (Å²) >= 11 is 0. The fraction of sp³-hybridized carbons (Fsp3) is 0.378. The normalized spacial score (nSPS) is 23.7. The first-order chi connectivity index (χ1) is 18.4. The van der Waals surface area contributed by atoms with Crippen molar-refractivity contribution in [1.82, 2.24) is 0 Å². The Kier molecular flexibility index (Phi) is 9.56. The van der Waals surface area contributed by atoms with Crippen molar-refractivity contribution in [1.29, 1.82) is 0 Å². The summed E-state index contributed by atoms with van der Waals surface area (Å²) in [6.45, 7) is 15.4. The maximum Gasteiger partial charge on any atom is 0.163 e. The third-order valence-electron chi connectivity index (χ3n) is 8.52. The molecule has 0 radical (unpaired) electrons. The van der Waals surface area contributed by atoms with E-state index < -0.39 is 0 Å². The molecule has 1 heteroatoms. The van der Waals surface area contributed by atoms with Gasteiger partial charge in [0.2, 0.25) is 0 Å². The van der Waals surface area contributed by atoms with Crippen molar-refractivity contribution < 1.29 is 4.79 Å². The second kappa shape index (κ2) is 13.1. The maximum absolute atomic E-state index is 13.2. The fourth-order valence-electron chi connectivity index (χ4n) is 6.04. The van der Waals surface area contributed by atoms with Gasteiger partial charge >= 0.3 is 0 Å². The van der Waals surface area contributed by atoms with Crippen molar-refractivity contribution in [2.75, 3.05) is 0 Å². The minimum Gasteiger partial charge on any atom is -0.294 e. The fourth-order valence-corrected chi connectivity index (χ4v) is 6.04. The lowest BCUT2D eigenvalue weighted by molar-refractivity contribution is -0.117. The van der Waals surface area contributed by atoms with Gasteiger partial charge in [-0.05, 0) is 101 Å². The highest BCUT2D eigenvalue weighted by molar-refractivity contribution is 5.97. The number of aryl methyl sites for hydroxylation is 1. The summed E-state index contributed by atoms with van der Waals surface area (Å²) < 4.78 is 0. The summed E-state index contributed by atoms with van der Waals surface area (Å²) in [4.78, 5) is 13.2. The first kappa shape index (κ1) is 27.8. The zero-order valence-electron chi connectivity index (χ0n) is 23.6. The van der Waals surface area contributed by atoms with E-state index in [1.165, 1.54) is 47.9 Å². The molecule has 0 heterocycles. The zero-order chi connectivity index (χ0) is 27.1. The summed E-state index contributed by atoms with van der Waals surface area (Å²) in [7, 11) is 0. The molecule has 0 aromatic heterocycles. The second-order valence-electron chi connectivity index (χ2n) is 11.4. The van der Waals surface area contributed by atoms with Crippen LogP contribution in [0.2, 0.25) is 0 Å². The SMILES string of the molecule is C=C(/C=C1\C(=C/C)C=CC(=O)C1Cc1ccccc1CCC)C(=C)Cc1ccc(C2CCC(C)CC2)cc1. The molecular formula is C37H44O. The summed E-state index contributed by atoms with van der Waals surface area (Å²) in [6.07, 6.45) is 16.8. The van der Waals surface area contributed by atoms with E-state index in [1.807, 2.05) is 13.0 Å². The summed E-state index contributed by atoms with van der Waals surface area (Å²) in [6, 6.07) is 17.7. The smallest absolute Gasteiger partial charge is 0.163 e. The summed E-state index contributed by atoms with van der Waals surface area (Å²) in [5.41, 5.74) is 9.40. The molecule has 4 rings (SSSR count). The van der Waals surface area contributed by atoms with Crippen LogP contribution >= 0.6 is 0 Å². The molecule has 0 aliphatic heterocycles. The van der Waals surface area contributed by atoms with Gasteiger partial charge in [0, 0.05) is 0 Å². The molecule has 0 amide bonds. The lowest BCUT2D eigenvalue weighted by atomic mass is 9.78. The molecule has 2 aromatic carbocycles. The van der Waals surface area contributed by atoms with Gasteiger partial charge in [0.1, 0.15) is 0 Å². The van der Waals surface area contributed by atoms with Crippen LogP contribution in [0.4, 0.5) is 0 Å². The number of benzene rings is 2. The number of rotatable bonds is 9. The van der Waals surface area contributed by atoms with Crippen molar-refractivity contribution in [3.63, 3.8) is 0 Å². The van der Waals surface area contributed by atoms with Gasteiger partial charge in [-0.2, -0.15) is 0 Å². The standard InChI is InChI=1S/C37H44O/c1-6-10-31-11-8-9-12-34(31)25-36-35(30(7-2)21-22-37(36)38)24-28(5)27(4)23-29-15-19-33(20-16-29)32-17-13-26(3)14-18-32/h7-9,11-12,15-16,19-22,24,26,32,36H,4-6,10,13-14,17-18,23,25H2,1-3H3/b30-7-,35-24+. The van der Waals surface area contributed by atoms with Crippen LogP contribution in [0.3, 0.4) is 0 Å². The third kappa shape index (κ3) is 6.81. The van der Waals surface area contributed by atoms with E-state index in [0.29, 0.717) is 12.3 Å². The van der Waals surface area contributed by atoms with Gasteiger partial charge in [-0.15, -0.1) is 0 Å². The molecular weight excluding hydrogens is 460 g/mol. The Morgan fingerprint density at radius 2 is 1.63 bits per heavy atom. The van der Waals surface area contributed by atoms with Crippen molar-refractivity contribution in [2.45, 2.75) is 78.1 Å². The lowest BCUT2D eigenvalue weighted by Gasteiger charge is -2.26. The molecule has 2 aliphatic rings. The van der Waals surface area contributed by atoms with Crippen molar-refractivity contribution in [2.24, 2.45) is 11.8 Å². The largest absolute Gasteiger partial charge is 0.294 e. The molecule has 0 saturated heterocycles. The van der Waals surface area contributed by atoms with Crippen LogP contribution in [0.5, 0.6) is 0 Å². The van der Waals surface area contributed by atoms with E-state index in [2.05, 4.69) is 87.7 Å². The monoisotopic (exact) mass is 504 g/mol. The minimum atomic E-state index is -0.203. The molecule has 2 aliphatic carbocycles. The third-order valence-corrected chi connectivity index (χ3v) is 8.52. The van der Waals surface area contributed by atoms with Crippen LogP contribution in [0, 0.1) is 11.8 Å². The van der Waals surface area contributed by atoms with Gasteiger partial charge < -0.3 is 0 Å². The molecule has 0 spiro atoms. The van der Waals surface area contributed by atoms with Crippen molar-refractivity contribution in [3.8, 4) is 0 Å². The highest BCUT2D eigenvalue weighted by Gasteiger charge is 2.27. The predicted molar refractivity (Wildman–Crippen MR) is 162 cm³/mol. The molecule has 0 N–H and O–H groups in total. The van der Waals surface area contributed by atoms with E-state index in [1.54, 1.807) is 6.08 Å². The number of carbonyl (C=O) groups excluding carboxylic acids is 1. The van der Waals surface area contributed by atoms with Crippen molar-refractivity contribution >= 4 is 5.78 Å². The Balaban J connectivity index is 1.50. The van der Waals surface area contributed by atoms with Crippen LogP contribution in [-0.2, 0) is 24.1 Å². The van der Waals surface area contributed by atoms with E-state index in [-0.39, 0.29) is 11.7 Å². The van der Waals surface area contributed by atoms with E-state index in [4.69, 9.17) is 0 Å². The first-order valence-electron chi connectivity index (χ1n) is 14.5. The molecule has 2 aromatic rings. The molecule has 198 valence electrons. The average Bonchev–Trinajstić information content (AvgIpc) is 2.92. The number of ketones is 1. The highest BCUT2D eigenvalue weighted by Crippen LogP contribution is 2.36. The van der Waals surface area contributed by atoms with Crippen molar-refractivity contribution in [3.05, 3.63) is 131 Å². The number of hydrogen-bond acceptors (Lipinski definition) is 1. The van der Waals surface area contributed by atoms with E-state index >= 15 is 0 Å². The summed E-state index contributed by atoms with van der Waals surface area (Å²) in [5.74, 6) is 1.54. The molecule has 1 saturated carbocycles. The van der Waals surface area contributed by atoms with Crippen LogP contribution in [0.1, 0.15) is 81.0 Å². The average molecular weight is 505 g/mol. The van der Waals surface area contributed by atoms with Gasteiger partial charge in [0.15, 0.2) is 5.78 Å². The van der Waals surface area contributed by atoms with Gasteiger partial charge in [0.25, 0.3) is 0 Å². The quantitative estimate of drug-likeness (QED) is 0.311. The van der Waals surface area contributed by atoms with Gasteiger partial charge in [0.05, 0.1) is 5.92 Å². The Morgan fingerprint density at radius 1 is 0.947 bits per heavy atom. The van der Waals surface area contributed by atoms with Gasteiger partial charge in [-0.1, -0.05) is 113 Å².